The lowest BCUT2D eigenvalue weighted by molar-refractivity contribution is 0.171. The Labute approximate surface area is 126 Å². The highest BCUT2D eigenvalue weighted by atomic mass is 79.9. The summed E-state index contributed by atoms with van der Waals surface area (Å²) < 4.78 is 38.4. The SMILES string of the molecule is O=S(=O)(NC1CCCC1Br)c1ccc2c(c1)OCCO2. The molecule has 1 fully saturated rings. The minimum atomic E-state index is -3.53. The molecule has 0 bridgehead atoms. The van der Waals surface area contributed by atoms with E-state index in [1.165, 1.54) is 6.07 Å². The molecule has 5 nitrogen and oxygen atoms in total. The van der Waals surface area contributed by atoms with Crippen LogP contribution in [0, 0.1) is 0 Å². The summed E-state index contributed by atoms with van der Waals surface area (Å²) in [5.74, 6) is 1.08. The quantitative estimate of drug-likeness (QED) is 0.836. The molecule has 0 saturated heterocycles. The second kappa shape index (κ2) is 5.54. The summed E-state index contributed by atoms with van der Waals surface area (Å²) in [6, 6.07) is 4.67. The molecule has 110 valence electrons. The number of halogens is 1. The zero-order valence-corrected chi connectivity index (χ0v) is 13.2. The van der Waals surface area contributed by atoms with Crippen molar-refractivity contribution in [1.29, 1.82) is 0 Å². The second-order valence-electron chi connectivity index (χ2n) is 4.98. The average molecular weight is 362 g/mol. The molecule has 1 aromatic carbocycles. The van der Waals surface area contributed by atoms with Gasteiger partial charge in [0.1, 0.15) is 13.2 Å². The molecule has 7 heteroatoms. The standard InChI is InChI=1S/C13H16BrNO4S/c14-10-2-1-3-11(10)15-20(16,17)9-4-5-12-13(8-9)19-7-6-18-12/h4-5,8,10-11,15H,1-3,6-7H2. The maximum atomic E-state index is 12.4. The van der Waals surface area contributed by atoms with Crippen LogP contribution in [0.2, 0.25) is 0 Å². The van der Waals surface area contributed by atoms with E-state index in [1.54, 1.807) is 12.1 Å². The van der Waals surface area contributed by atoms with Gasteiger partial charge in [-0.05, 0) is 25.0 Å². The molecule has 2 aliphatic rings. The minimum absolute atomic E-state index is 0.0480. The highest BCUT2D eigenvalue weighted by molar-refractivity contribution is 9.09. The molecule has 0 aromatic heterocycles. The van der Waals surface area contributed by atoms with Gasteiger partial charge in [-0.2, -0.15) is 0 Å². The first-order chi connectivity index (χ1) is 9.56. The third-order valence-corrected chi connectivity index (χ3v) is 6.15. The summed E-state index contributed by atoms with van der Waals surface area (Å²) in [6.45, 7) is 0.931. The van der Waals surface area contributed by atoms with Crippen molar-refractivity contribution < 1.29 is 17.9 Å². The van der Waals surface area contributed by atoms with Gasteiger partial charge in [-0.3, -0.25) is 0 Å². The van der Waals surface area contributed by atoms with Crippen LogP contribution in [-0.2, 0) is 10.0 Å². The molecule has 1 N–H and O–H groups in total. The van der Waals surface area contributed by atoms with E-state index in [4.69, 9.17) is 9.47 Å². The van der Waals surface area contributed by atoms with E-state index in [2.05, 4.69) is 20.7 Å². The Morgan fingerprint density at radius 2 is 1.90 bits per heavy atom. The Hall–Kier alpha value is -0.790. The van der Waals surface area contributed by atoms with Gasteiger partial charge in [-0.1, -0.05) is 22.4 Å². The van der Waals surface area contributed by atoms with E-state index in [1.807, 2.05) is 0 Å². The maximum absolute atomic E-state index is 12.4. The van der Waals surface area contributed by atoms with Gasteiger partial charge in [0.25, 0.3) is 0 Å². The molecule has 1 heterocycles. The Kier molecular flexibility index (Phi) is 3.92. The van der Waals surface area contributed by atoms with E-state index in [0.29, 0.717) is 24.7 Å². The summed E-state index contributed by atoms with van der Waals surface area (Å²) in [5.41, 5.74) is 0. The normalized spacial score (nSPS) is 25.6. The Morgan fingerprint density at radius 1 is 1.15 bits per heavy atom. The minimum Gasteiger partial charge on any atom is -0.486 e. The van der Waals surface area contributed by atoms with Gasteiger partial charge in [0.05, 0.1) is 4.90 Å². The number of benzene rings is 1. The van der Waals surface area contributed by atoms with Gasteiger partial charge in [0.2, 0.25) is 10.0 Å². The molecule has 0 spiro atoms. The largest absolute Gasteiger partial charge is 0.486 e. The Bertz CT molecular complexity index is 604. The van der Waals surface area contributed by atoms with E-state index in [-0.39, 0.29) is 15.8 Å². The molecule has 20 heavy (non-hydrogen) atoms. The van der Waals surface area contributed by atoms with Crippen LogP contribution in [0.1, 0.15) is 19.3 Å². The number of rotatable bonds is 3. The summed E-state index contributed by atoms with van der Waals surface area (Å²) in [6.07, 6.45) is 2.89. The number of nitrogens with one attached hydrogen (secondary N) is 1. The molecule has 0 radical (unpaired) electrons. The fourth-order valence-electron chi connectivity index (χ4n) is 2.51. The van der Waals surface area contributed by atoms with Crippen molar-refractivity contribution in [3.8, 4) is 11.5 Å². The molecule has 3 rings (SSSR count). The van der Waals surface area contributed by atoms with E-state index in [0.717, 1.165) is 19.3 Å². The van der Waals surface area contributed by atoms with Crippen molar-refractivity contribution in [3.05, 3.63) is 18.2 Å². The van der Waals surface area contributed by atoms with Gasteiger partial charge in [0.15, 0.2) is 11.5 Å². The van der Waals surface area contributed by atoms with Crippen LogP contribution < -0.4 is 14.2 Å². The van der Waals surface area contributed by atoms with Crippen molar-refractivity contribution >= 4 is 26.0 Å². The summed E-state index contributed by atoms with van der Waals surface area (Å²) >= 11 is 3.52. The first kappa shape index (κ1) is 14.2. The van der Waals surface area contributed by atoms with Gasteiger partial charge < -0.3 is 9.47 Å². The summed E-state index contributed by atoms with van der Waals surface area (Å²) in [4.78, 5) is 0.419. The first-order valence-corrected chi connectivity index (χ1v) is 9.02. The molecule has 1 aliphatic heterocycles. The molecular weight excluding hydrogens is 346 g/mol. The van der Waals surface area contributed by atoms with E-state index in [9.17, 15) is 8.42 Å². The topological polar surface area (TPSA) is 64.6 Å². The Balaban J connectivity index is 1.83. The Morgan fingerprint density at radius 3 is 2.60 bits per heavy atom. The van der Waals surface area contributed by atoms with Gasteiger partial charge in [-0.25, -0.2) is 13.1 Å². The van der Waals surface area contributed by atoms with E-state index >= 15 is 0 Å². The number of hydrogen-bond acceptors (Lipinski definition) is 4. The monoisotopic (exact) mass is 361 g/mol. The first-order valence-electron chi connectivity index (χ1n) is 6.62. The lowest BCUT2D eigenvalue weighted by Crippen LogP contribution is -2.37. The predicted molar refractivity (Wildman–Crippen MR) is 78.1 cm³/mol. The fraction of sp³-hybridized carbons (Fsp3) is 0.538. The van der Waals surface area contributed by atoms with E-state index < -0.39 is 10.0 Å². The van der Waals surface area contributed by atoms with Crippen molar-refractivity contribution in [1.82, 2.24) is 4.72 Å². The average Bonchev–Trinajstić information content (AvgIpc) is 2.83. The summed E-state index contributed by atoms with van der Waals surface area (Å²) in [5, 5.41) is 0. The van der Waals surface area contributed by atoms with Crippen LogP contribution in [0.3, 0.4) is 0 Å². The van der Waals surface area contributed by atoms with Crippen LogP contribution >= 0.6 is 15.9 Å². The van der Waals surface area contributed by atoms with Crippen molar-refractivity contribution in [2.24, 2.45) is 0 Å². The molecule has 1 saturated carbocycles. The number of alkyl halides is 1. The predicted octanol–water partition coefficient (Wildman–Crippen LogP) is 2.05. The lowest BCUT2D eigenvalue weighted by Gasteiger charge is -2.20. The fourth-order valence-corrected chi connectivity index (χ4v) is 4.73. The third kappa shape index (κ3) is 2.80. The van der Waals surface area contributed by atoms with Crippen LogP contribution in [-0.4, -0.2) is 32.5 Å². The number of sulfonamides is 1. The van der Waals surface area contributed by atoms with Gasteiger partial charge in [0, 0.05) is 16.9 Å². The van der Waals surface area contributed by atoms with Crippen LogP contribution in [0.5, 0.6) is 11.5 Å². The number of fused-ring (bicyclic) bond motifs is 1. The van der Waals surface area contributed by atoms with Gasteiger partial charge >= 0.3 is 0 Å². The molecule has 1 aliphatic carbocycles. The zero-order chi connectivity index (χ0) is 14.2. The molecule has 0 amide bonds. The van der Waals surface area contributed by atoms with Crippen molar-refractivity contribution in [2.75, 3.05) is 13.2 Å². The van der Waals surface area contributed by atoms with Crippen molar-refractivity contribution in [2.45, 2.75) is 35.0 Å². The zero-order valence-electron chi connectivity index (χ0n) is 10.8. The highest BCUT2D eigenvalue weighted by Crippen LogP contribution is 2.33. The molecule has 1 aromatic rings. The van der Waals surface area contributed by atoms with Crippen LogP contribution in [0.25, 0.3) is 0 Å². The molecule has 2 unspecified atom stereocenters. The third-order valence-electron chi connectivity index (χ3n) is 3.56. The number of hydrogen-bond donors (Lipinski definition) is 1. The molecular formula is C13H16BrNO4S. The lowest BCUT2D eigenvalue weighted by atomic mass is 10.3. The number of ether oxygens (including phenoxy) is 2. The summed E-state index contributed by atoms with van der Waals surface area (Å²) in [7, 11) is -3.53. The maximum Gasteiger partial charge on any atom is 0.240 e. The van der Waals surface area contributed by atoms with Crippen LogP contribution in [0.15, 0.2) is 23.1 Å². The highest BCUT2D eigenvalue weighted by Gasteiger charge is 2.30. The van der Waals surface area contributed by atoms with Gasteiger partial charge in [-0.15, -0.1) is 0 Å². The smallest absolute Gasteiger partial charge is 0.240 e. The second-order valence-corrected chi connectivity index (χ2v) is 7.87. The van der Waals surface area contributed by atoms with Crippen molar-refractivity contribution in [3.63, 3.8) is 0 Å². The van der Waals surface area contributed by atoms with Crippen LogP contribution in [0.4, 0.5) is 0 Å². The molecule has 2 atom stereocenters.